The highest BCUT2D eigenvalue weighted by Gasteiger charge is 2.14. The second-order valence-electron chi connectivity index (χ2n) is 6.38. The smallest absolute Gasteiger partial charge is 0.257 e. The Labute approximate surface area is 168 Å². The van der Waals surface area contributed by atoms with E-state index < -0.39 is 0 Å². The van der Waals surface area contributed by atoms with E-state index in [1.54, 1.807) is 18.2 Å². The largest absolute Gasteiger partial charge is 0.321 e. The molecule has 0 aromatic heterocycles. The maximum atomic E-state index is 12.4. The highest BCUT2D eigenvalue weighted by atomic mass is 35.5. The summed E-state index contributed by atoms with van der Waals surface area (Å²) in [6.45, 7) is 3.90. The van der Waals surface area contributed by atoms with Crippen LogP contribution >= 0.6 is 34.8 Å². The van der Waals surface area contributed by atoms with E-state index in [1.807, 2.05) is 12.1 Å². The van der Waals surface area contributed by atoms with E-state index in [9.17, 15) is 4.79 Å². The Kier molecular flexibility index (Phi) is 6.79. The molecule has 0 aliphatic carbocycles. The standard InChI is InChI=1S/C19H20Cl3N3O/c20-14-2-3-15(16(21)8-14)19(26)25-18-4-1-12(7-17(18)22)9-24-11-13-5-6-23-10-13/h1-4,7-8,13,23-24H,5-6,9-11H2,(H,25,26). The molecule has 26 heavy (non-hydrogen) atoms. The second kappa shape index (κ2) is 9.07. The topological polar surface area (TPSA) is 53.2 Å². The lowest BCUT2D eigenvalue weighted by Gasteiger charge is -2.12. The highest BCUT2D eigenvalue weighted by Crippen LogP contribution is 2.26. The minimum absolute atomic E-state index is 0.299. The van der Waals surface area contributed by atoms with E-state index in [0.717, 1.165) is 31.7 Å². The zero-order valence-electron chi connectivity index (χ0n) is 14.1. The summed E-state index contributed by atoms with van der Waals surface area (Å²) in [5.41, 5.74) is 1.97. The summed E-state index contributed by atoms with van der Waals surface area (Å²) in [5.74, 6) is 0.362. The molecule has 138 valence electrons. The number of anilines is 1. The van der Waals surface area contributed by atoms with E-state index in [4.69, 9.17) is 34.8 Å². The van der Waals surface area contributed by atoms with Crippen molar-refractivity contribution in [2.24, 2.45) is 5.92 Å². The molecule has 1 saturated heterocycles. The van der Waals surface area contributed by atoms with Crippen LogP contribution in [0.25, 0.3) is 0 Å². The molecular formula is C19H20Cl3N3O. The fourth-order valence-electron chi connectivity index (χ4n) is 2.94. The average molecular weight is 413 g/mol. The van der Waals surface area contributed by atoms with Crippen LogP contribution in [0.1, 0.15) is 22.3 Å². The molecule has 1 fully saturated rings. The summed E-state index contributed by atoms with van der Waals surface area (Å²) < 4.78 is 0. The maximum Gasteiger partial charge on any atom is 0.257 e. The first-order valence-corrected chi connectivity index (χ1v) is 9.62. The molecule has 0 radical (unpaired) electrons. The number of hydrogen-bond acceptors (Lipinski definition) is 3. The van der Waals surface area contributed by atoms with E-state index in [1.165, 1.54) is 12.5 Å². The quantitative estimate of drug-likeness (QED) is 0.650. The summed E-state index contributed by atoms with van der Waals surface area (Å²) in [4.78, 5) is 12.4. The Morgan fingerprint density at radius 3 is 2.65 bits per heavy atom. The van der Waals surface area contributed by atoms with E-state index in [0.29, 0.717) is 32.2 Å². The SMILES string of the molecule is O=C(Nc1ccc(CNCC2CCNC2)cc1Cl)c1ccc(Cl)cc1Cl. The Morgan fingerprint density at radius 2 is 1.96 bits per heavy atom. The maximum absolute atomic E-state index is 12.4. The van der Waals surface area contributed by atoms with Crippen LogP contribution in [0.5, 0.6) is 0 Å². The van der Waals surface area contributed by atoms with Crippen molar-refractivity contribution in [3.63, 3.8) is 0 Å². The summed E-state index contributed by atoms with van der Waals surface area (Å²) in [5, 5.41) is 10.9. The van der Waals surface area contributed by atoms with Gasteiger partial charge in [0, 0.05) is 11.6 Å². The van der Waals surface area contributed by atoms with Gasteiger partial charge in [-0.05, 0) is 67.9 Å². The van der Waals surface area contributed by atoms with Gasteiger partial charge in [-0.15, -0.1) is 0 Å². The third-order valence-electron chi connectivity index (χ3n) is 4.38. The van der Waals surface area contributed by atoms with Crippen molar-refractivity contribution in [1.29, 1.82) is 0 Å². The van der Waals surface area contributed by atoms with Gasteiger partial charge in [0.05, 0.1) is 21.3 Å². The van der Waals surface area contributed by atoms with Crippen molar-refractivity contribution in [1.82, 2.24) is 10.6 Å². The van der Waals surface area contributed by atoms with Crippen molar-refractivity contribution in [2.45, 2.75) is 13.0 Å². The van der Waals surface area contributed by atoms with E-state index in [-0.39, 0.29) is 5.91 Å². The Balaban J connectivity index is 1.59. The van der Waals surface area contributed by atoms with Gasteiger partial charge in [-0.2, -0.15) is 0 Å². The number of hydrogen-bond donors (Lipinski definition) is 3. The van der Waals surface area contributed by atoms with Crippen molar-refractivity contribution in [3.8, 4) is 0 Å². The fourth-order valence-corrected chi connectivity index (χ4v) is 3.69. The first kappa shape index (κ1) is 19.5. The van der Waals surface area contributed by atoms with Crippen LogP contribution in [0, 0.1) is 5.92 Å². The lowest BCUT2D eigenvalue weighted by molar-refractivity contribution is 0.102. The first-order chi connectivity index (χ1) is 12.5. The van der Waals surface area contributed by atoms with E-state index in [2.05, 4.69) is 16.0 Å². The first-order valence-electron chi connectivity index (χ1n) is 8.49. The lowest BCUT2D eigenvalue weighted by Crippen LogP contribution is -2.24. The number of benzene rings is 2. The van der Waals surface area contributed by atoms with Crippen molar-refractivity contribution >= 4 is 46.4 Å². The van der Waals surface area contributed by atoms with Gasteiger partial charge in [-0.3, -0.25) is 4.79 Å². The average Bonchev–Trinajstić information content (AvgIpc) is 3.10. The van der Waals surface area contributed by atoms with Crippen LogP contribution in [0.15, 0.2) is 36.4 Å². The third-order valence-corrected chi connectivity index (χ3v) is 5.24. The van der Waals surface area contributed by atoms with Gasteiger partial charge in [-0.1, -0.05) is 40.9 Å². The van der Waals surface area contributed by atoms with Gasteiger partial charge in [-0.25, -0.2) is 0 Å². The predicted molar refractivity (Wildman–Crippen MR) is 109 cm³/mol. The molecule has 4 nitrogen and oxygen atoms in total. The molecule has 3 N–H and O–H groups in total. The Morgan fingerprint density at radius 1 is 1.12 bits per heavy atom. The zero-order valence-corrected chi connectivity index (χ0v) is 16.4. The van der Waals surface area contributed by atoms with Crippen molar-refractivity contribution in [3.05, 3.63) is 62.6 Å². The van der Waals surface area contributed by atoms with Gasteiger partial charge in [0.2, 0.25) is 0 Å². The van der Waals surface area contributed by atoms with Crippen LogP contribution in [0.2, 0.25) is 15.1 Å². The predicted octanol–water partition coefficient (Wildman–Crippen LogP) is 4.60. The normalized spacial score (nSPS) is 16.7. The number of amides is 1. The van der Waals surface area contributed by atoms with Crippen LogP contribution in [0.4, 0.5) is 5.69 Å². The second-order valence-corrected chi connectivity index (χ2v) is 7.63. The summed E-state index contributed by atoms with van der Waals surface area (Å²) >= 11 is 18.3. The Hall–Kier alpha value is -1.30. The van der Waals surface area contributed by atoms with E-state index >= 15 is 0 Å². The molecule has 0 saturated carbocycles. The fraction of sp³-hybridized carbons (Fsp3) is 0.316. The molecule has 1 aliphatic heterocycles. The molecule has 1 amide bonds. The molecule has 7 heteroatoms. The molecule has 2 aromatic carbocycles. The minimum Gasteiger partial charge on any atom is -0.321 e. The molecule has 1 unspecified atom stereocenters. The lowest BCUT2D eigenvalue weighted by atomic mass is 10.1. The van der Waals surface area contributed by atoms with Gasteiger partial charge in [0.15, 0.2) is 0 Å². The monoisotopic (exact) mass is 411 g/mol. The van der Waals surface area contributed by atoms with Gasteiger partial charge in [0.1, 0.15) is 0 Å². The highest BCUT2D eigenvalue weighted by molar-refractivity contribution is 6.37. The molecular weight excluding hydrogens is 393 g/mol. The summed E-state index contributed by atoms with van der Waals surface area (Å²) in [6, 6.07) is 10.4. The zero-order chi connectivity index (χ0) is 18.5. The summed E-state index contributed by atoms with van der Waals surface area (Å²) in [7, 11) is 0. The van der Waals surface area contributed by atoms with Gasteiger partial charge >= 0.3 is 0 Å². The van der Waals surface area contributed by atoms with Crippen LogP contribution < -0.4 is 16.0 Å². The molecule has 1 atom stereocenters. The number of nitrogens with one attached hydrogen (secondary N) is 3. The number of carbonyl (C=O) groups is 1. The molecule has 0 bridgehead atoms. The van der Waals surface area contributed by atoms with Crippen LogP contribution in [0.3, 0.4) is 0 Å². The van der Waals surface area contributed by atoms with Gasteiger partial charge < -0.3 is 16.0 Å². The minimum atomic E-state index is -0.326. The molecule has 1 heterocycles. The molecule has 0 spiro atoms. The molecule has 1 aliphatic rings. The molecule has 3 rings (SSSR count). The number of halogens is 3. The van der Waals surface area contributed by atoms with Gasteiger partial charge in [0.25, 0.3) is 5.91 Å². The van der Waals surface area contributed by atoms with Crippen LogP contribution in [-0.2, 0) is 6.54 Å². The third kappa shape index (κ3) is 5.12. The Bertz CT molecular complexity index is 792. The number of rotatable bonds is 6. The van der Waals surface area contributed by atoms with Crippen molar-refractivity contribution in [2.75, 3.05) is 25.0 Å². The van der Waals surface area contributed by atoms with Crippen LogP contribution in [-0.4, -0.2) is 25.5 Å². The summed E-state index contributed by atoms with van der Waals surface area (Å²) in [6.07, 6.45) is 1.21. The number of carbonyl (C=O) groups excluding carboxylic acids is 1. The van der Waals surface area contributed by atoms with Crippen molar-refractivity contribution < 1.29 is 4.79 Å². The molecule has 2 aromatic rings.